The standard InChI is InChI=1S/C29H26BrN3O6/c30-21-11-9-20(10-12-21)24(34)17-33-23-6-2-1-5-22(23)28(36)32(29(33)37)14-4-3-7-27(35)31-16-19-8-13-25-26(15-19)39-18-38-25/h1-2,5-6,8-13,15H,3-4,7,14,16-18H2,(H,31,35). The zero-order valence-corrected chi connectivity index (χ0v) is 22.6. The first kappa shape index (κ1) is 26.4. The van der Waals surface area contributed by atoms with Crippen molar-refractivity contribution in [1.82, 2.24) is 14.5 Å². The van der Waals surface area contributed by atoms with Gasteiger partial charge < -0.3 is 14.8 Å². The maximum absolute atomic E-state index is 13.4. The molecular formula is C29H26BrN3O6. The van der Waals surface area contributed by atoms with Crippen molar-refractivity contribution in [2.75, 3.05) is 6.79 Å². The average molecular weight is 592 g/mol. The molecule has 1 aliphatic heterocycles. The first-order valence-electron chi connectivity index (χ1n) is 12.6. The zero-order valence-electron chi connectivity index (χ0n) is 21.0. The third-order valence-electron chi connectivity index (χ3n) is 6.56. The van der Waals surface area contributed by atoms with Crippen molar-refractivity contribution in [3.8, 4) is 11.5 Å². The highest BCUT2D eigenvalue weighted by Crippen LogP contribution is 2.32. The molecule has 1 aliphatic rings. The summed E-state index contributed by atoms with van der Waals surface area (Å²) in [5.41, 5.74) is 0.830. The molecule has 39 heavy (non-hydrogen) atoms. The van der Waals surface area contributed by atoms with Crippen LogP contribution in [0.1, 0.15) is 35.2 Å². The first-order chi connectivity index (χ1) is 18.9. The van der Waals surface area contributed by atoms with Gasteiger partial charge in [-0.05, 0) is 54.8 Å². The van der Waals surface area contributed by atoms with E-state index in [1.165, 1.54) is 4.57 Å². The molecule has 5 rings (SSSR count). The molecule has 0 bridgehead atoms. The van der Waals surface area contributed by atoms with Crippen molar-refractivity contribution in [2.45, 2.75) is 38.9 Å². The second-order valence-corrected chi connectivity index (χ2v) is 10.1. The molecule has 1 aromatic heterocycles. The SMILES string of the molecule is O=C(CCCCn1c(=O)c2ccccc2n(CC(=O)c2ccc(Br)cc2)c1=O)NCc1ccc2c(c1)OCO2. The molecule has 1 N–H and O–H groups in total. The summed E-state index contributed by atoms with van der Waals surface area (Å²) in [7, 11) is 0. The summed E-state index contributed by atoms with van der Waals surface area (Å²) in [5.74, 6) is 0.979. The second kappa shape index (κ2) is 11.7. The lowest BCUT2D eigenvalue weighted by atomic mass is 10.1. The highest BCUT2D eigenvalue weighted by Gasteiger charge is 2.17. The van der Waals surface area contributed by atoms with Gasteiger partial charge in [-0.1, -0.05) is 46.3 Å². The number of nitrogens with zero attached hydrogens (tertiary/aromatic N) is 2. The number of hydrogen-bond acceptors (Lipinski definition) is 6. The van der Waals surface area contributed by atoms with Crippen molar-refractivity contribution < 1.29 is 19.1 Å². The number of fused-ring (bicyclic) bond motifs is 2. The molecule has 0 unspecified atom stereocenters. The maximum Gasteiger partial charge on any atom is 0.331 e. The number of aromatic nitrogens is 2. The average Bonchev–Trinajstić information content (AvgIpc) is 3.42. The summed E-state index contributed by atoms with van der Waals surface area (Å²) in [4.78, 5) is 51.8. The Balaban J connectivity index is 1.23. The number of unbranched alkanes of at least 4 members (excludes halogenated alkanes) is 1. The number of amides is 1. The summed E-state index contributed by atoms with van der Waals surface area (Å²) in [6.07, 6.45) is 1.19. The molecule has 0 radical (unpaired) electrons. The highest BCUT2D eigenvalue weighted by molar-refractivity contribution is 9.10. The van der Waals surface area contributed by atoms with Gasteiger partial charge in [0.1, 0.15) is 0 Å². The Morgan fingerprint density at radius 1 is 0.897 bits per heavy atom. The van der Waals surface area contributed by atoms with Crippen LogP contribution in [0.15, 0.2) is 80.8 Å². The van der Waals surface area contributed by atoms with Crippen LogP contribution >= 0.6 is 15.9 Å². The van der Waals surface area contributed by atoms with Crippen LogP contribution in [0.3, 0.4) is 0 Å². The van der Waals surface area contributed by atoms with E-state index in [2.05, 4.69) is 21.2 Å². The first-order valence-corrected chi connectivity index (χ1v) is 13.4. The van der Waals surface area contributed by atoms with Crippen molar-refractivity contribution in [2.24, 2.45) is 0 Å². The van der Waals surface area contributed by atoms with Gasteiger partial charge in [0.25, 0.3) is 5.56 Å². The van der Waals surface area contributed by atoms with Crippen LogP contribution in [0.25, 0.3) is 10.9 Å². The van der Waals surface area contributed by atoms with E-state index < -0.39 is 11.2 Å². The number of benzene rings is 3. The fourth-order valence-electron chi connectivity index (χ4n) is 4.49. The number of ether oxygens (including phenoxy) is 2. The number of carbonyl (C=O) groups is 2. The molecular weight excluding hydrogens is 566 g/mol. The summed E-state index contributed by atoms with van der Waals surface area (Å²) in [5, 5.41) is 3.24. The monoisotopic (exact) mass is 591 g/mol. The number of rotatable bonds is 10. The van der Waals surface area contributed by atoms with Crippen LogP contribution in [0, 0.1) is 0 Å². The molecule has 3 aromatic carbocycles. The normalized spacial score (nSPS) is 12.0. The molecule has 0 fully saturated rings. The minimum atomic E-state index is -0.545. The Morgan fingerprint density at radius 2 is 1.67 bits per heavy atom. The molecule has 4 aromatic rings. The van der Waals surface area contributed by atoms with Crippen LogP contribution in [-0.4, -0.2) is 27.6 Å². The molecule has 200 valence electrons. The molecule has 0 saturated carbocycles. The number of halogens is 1. The minimum absolute atomic E-state index is 0.129. The fourth-order valence-corrected chi connectivity index (χ4v) is 4.75. The minimum Gasteiger partial charge on any atom is -0.454 e. The van der Waals surface area contributed by atoms with Crippen molar-refractivity contribution in [1.29, 1.82) is 0 Å². The van der Waals surface area contributed by atoms with Gasteiger partial charge in [0.05, 0.1) is 17.4 Å². The van der Waals surface area contributed by atoms with Gasteiger partial charge in [-0.25, -0.2) is 4.79 Å². The van der Waals surface area contributed by atoms with Crippen molar-refractivity contribution in [3.05, 3.63) is 103 Å². The highest BCUT2D eigenvalue weighted by atomic mass is 79.9. The van der Waals surface area contributed by atoms with Gasteiger partial charge in [-0.3, -0.25) is 23.5 Å². The Morgan fingerprint density at radius 3 is 2.49 bits per heavy atom. The van der Waals surface area contributed by atoms with E-state index in [1.807, 2.05) is 18.2 Å². The van der Waals surface area contributed by atoms with Crippen LogP contribution in [0.4, 0.5) is 0 Å². The molecule has 9 nitrogen and oxygen atoms in total. The van der Waals surface area contributed by atoms with Gasteiger partial charge >= 0.3 is 5.69 Å². The molecule has 0 aliphatic carbocycles. The molecule has 2 heterocycles. The van der Waals surface area contributed by atoms with E-state index in [-0.39, 0.29) is 38.0 Å². The van der Waals surface area contributed by atoms with Crippen LogP contribution in [-0.2, 0) is 24.4 Å². The smallest absolute Gasteiger partial charge is 0.331 e. The lowest BCUT2D eigenvalue weighted by molar-refractivity contribution is -0.121. The van der Waals surface area contributed by atoms with E-state index in [4.69, 9.17) is 9.47 Å². The quantitative estimate of drug-likeness (QED) is 0.220. The summed E-state index contributed by atoms with van der Waals surface area (Å²) in [6, 6.07) is 19.2. The van der Waals surface area contributed by atoms with E-state index in [0.29, 0.717) is 47.4 Å². The third-order valence-corrected chi connectivity index (χ3v) is 7.09. The number of hydrogen-bond donors (Lipinski definition) is 1. The number of ketones is 1. The number of para-hydroxylation sites is 1. The second-order valence-electron chi connectivity index (χ2n) is 9.19. The molecule has 0 spiro atoms. The van der Waals surface area contributed by atoms with E-state index >= 15 is 0 Å². The maximum atomic E-state index is 13.4. The Hall–Kier alpha value is -4.18. The van der Waals surface area contributed by atoms with Crippen LogP contribution < -0.4 is 26.0 Å². The molecule has 0 atom stereocenters. The predicted octanol–water partition coefficient (Wildman–Crippen LogP) is 4.02. The molecule has 10 heteroatoms. The zero-order chi connectivity index (χ0) is 27.4. The predicted molar refractivity (Wildman–Crippen MR) is 149 cm³/mol. The summed E-state index contributed by atoms with van der Waals surface area (Å²) in [6.45, 7) is 0.503. The summed E-state index contributed by atoms with van der Waals surface area (Å²) < 4.78 is 14.0. The van der Waals surface area contributed by atoms with Crippen LogP contribution in [0.5, 0.6) is 11.5 Å². The largest absolute Gasteiger partial charge is 0.454 e. The third kappa shape index (κ3) is 5.96. The lowest BCUT2D eigenvalue weighted by Crippen LogP contribution is -2.41. The van der Waals surface area contributed by atoms with E-state index in [0.717, 1.165) is 14.6 Å². The Bertz CT molecular complexity index is 1660. The van der Waals surface area contributed by atoms with Crippen molar-refractivity contribution in [3.63, 3.8) is 0 Å². The van der Waals surface area contributed by atoms with Gasteiger partial charge in [0.2, 0.25) is 12.7 Å². The van der Waals surface area contributed by atoms with Crippen molar-refractivity contribution >= 4 is 38.5 Å². The van der Waals surface area contributed by atoms with E-state index in [9.17, 15) is 19.2 Å². The Kier molecular flexibility index (Phi) is 7.92. The Labute approximate surface area is 232 Å². The number of nitrogens with one attached hydrogen (secondary N) is 1. The van der Waals surface area contributed by atoms with Gasteiger partial charge in [-0.15, -0.1) is 0 Å². The number of carbonyl (C=O) groups excluding carboxylic acids is 2. The van der Waals surface area contributed by atoms with Gasteiger partial charge in [-0.2, -0.15) is 0 Å². The summed E-state index contributed by atoms with van der Waals surface area (Å²) >= 11 is 3.35. The van der Waals surface area contributed by atoms with E-state index in [1.54, 1.807) is 48.5 Å². The van der Waals surface area contributed by atoms with Crippen LogP contribution in [0.2, 0.25) is 0 Å². The topological polar surface area (TPSA) is 109 Å². The number of Topliss-reactive ketones (excluding diaryl/α,β-unsaturated/α-hetero) is 1. The van der Waals surface area contributed by atoms with Gasteiger partial charge in [0.15, 0.2) is 17.3 Å². The van der Waals surface area contributed by atoms with Gasteiger partial charge in [0, 0.05) is 29.5 Å². The molecule has 1 amide bonds. The molecule has 0 saturated heterocycles. The lowest BCUT2D eigenvalue weighted by Gasteiger charge is -2.14. The fraction of sp³-hybridized carbons (Fsp3) is 0.241.